The van der Waals surface area contributed by atoms with Crippen molar-refractivity contribution in [1.29, 1.82) is 0 Å². The van der Waals surface area contributed by atoms with Crippen LogP contribution in [0.4, 0.5) is 4.39 Å². The van der Waals surface area contributed by atoms with E-state index in [-0.39, 0.29) is 15.5 Å². The smallest absolute Gasteiger partial charge is 0.251 e. The van der Waals surface area contributed by atoms with E-state index in [4.69, 9.17) is 11.6 Å². The van der Waals surface area contributed by atoms with E-state index in [1.54, 1.807) is 6.92 Å². The molecule has 1 N–H and O–H groups in total. The Morgan fingerprint density at radius 2 is 1.86 bits per heavy atom. The minimum absolute atomic E-state index is 0.0752. The van der Waals surface area contributed by atoms with Crippen LogP contribution in [0.2, 0.25) is 5.02 Å². The summed E-state index contributed by atoms with van der Waals surface area (Å²) in [6, 6.07) is 4.96. The highest BCUT2D eigenvalue weighted by molar-refractivity contribution is 7.89. The summed E-state index contributed by atoms with van der Waals surface area (Å²) >= 11 is 6.18. The first kappa shape index (κ1) is 21.7. The maximum absolute atomic E-state index is 13.4. The molecule has 2 aromatic rings. The first-order chi connectivity index (χ1) is 13.8. The van der Waals surface area contributed by atoms with Crippen LogP contribution in [0.1, 0.15) is 54.6 Å². The SMILES string of the molecule is C[C@H](NC(=O)c1ccc(Cl)c(S(=O)(=O)N2CCCCCC2)c1)c1cncc(F)c1. The van der Waals surface area contributed by atoms with Gasteiger partial charge in [-0.05, 0) is 49.6 Å². The van der Waals surface area contributed by atoms with E-state index < -0.39 is 27.8 Å². The lowest BCUT2D eigenvalue weighted by molar-refractivity contribution is 0.0939. The Hall–Kier alpha value is -2.03. The van der Waals surface area contributed by atoms with Gasteiger partial charge in [-0.1, -0.05) is 24.4 Å². The largest absolute Gasteiger partial charge is 0.345 e. The van der Waals surface area contributed by atoms with Crippen LogP contribution in [0.5, 0.6) is 0 Å². The van der Waals surface area contributed by atoms with Gasteiger partial charge in [-0.15, -0.1) is 0 Å². The van der Waals surface area contributed by atoms with Gasteiger partial charge in [0.05, 0.1) is 17.3 Å². The molecule has 1 atom stereocenters. The Labute approximate surface area is 175 Å². The van der Waals surface area contributed by atoms with Crippen molar-refractivity contribution < 1.29 is 17.6 Å². The summed E-state index contributed by atoms with van der Waals surface area (Å²) in [5.41, 5.74) is 0.670. The molecule has 0 saturated carbocycles. The Bertz CT molecular complexity index is 992. The molecule has 0 unspecified atom stereocenters. The molecule has 1 saturated heterocycles. The highest BCUT2D eigenvalue weighted by Gasteiger charge is 2.28. The number of carbonyl (C=O) groups is 1. The minimum Gasteiger partial charge on any atom is -0.345 e. The van der Waals surface area contributed by atoms with Gasteiger partial charge < -0.3 is 5.32 Å². The molecule has 1 amide bonds. The molecule has 0 bridgehead atoms. The number of pyridine rings is 1. The maximum atomic E-state index is 13.4. The molecule has 3 rings (SSSR count). The fraction of sp³-hybridized carbons (Fsp3) is 0.400. The van der Waals surface area contributed by atoms with E-state index in [2.05, 4.69) is 10.3 Å². The normalized spacial score (nSPS) is 16.8. The molecule has 156 valence electrons. The van der Waals surface area contributed by atoms with Gasteiger partial charge in [-0.2, -0.15) is 4.31 Å². The number of hydrogen-bond acceptors (Lipinski definition) is 4. The van der Waals surface area contributed by atoms with Crippen LogP contribution in [0.15, 0.2) is 41.6 Å². The number of aromatic nitrogens is 1. The fourth-order valence-electron chi connectivity index (χ4n) is 3.29. The number of nitrogens with zero attached hydrogens (tertiary/aromatic N) is 2. The van der Waals surface area contributed by atoms with Gasteiger partial charge in [-0.25, -0.2) is 12.8 Å². The van der Waals surface area contributed by atoms with Gasteiger partial charge in [0.2, 0.25) is 10.0 Å². The van der Waals surface area contributed by atoms with Crippen molar-refractivity contribution in [2.75, 3.05) is 13.1 Å². The number of hydrogen-bond donors (Lipinski definition) is 1. The summed E-state index contributed by atoms with van der Waals surface area (Å²) in [7, 11) is -3.80. The second-order valence-corrected chi connectivity index (χ2v) is 9.41. The molecule has 6 nitrogen and oxygen atoms in total. The Morgan fingerprint density at radius 3 is 2.52 bits per heavy atom. The topological polar surface area (TPSA) is 79.4 Å². The first-order valence-electron chi connectivity index (χ1n) is 9.50. The monoisotopic (exact) mass is 439 g/mol. The first-order valence-corrected chi connectivity index (χ1v) is 11.3. The van der Waals surface area contributed by atoms with Crippen LogP contribution in [0.3, 0.4) is 0 Å². The third-order valence-corrected chi connectivity index (χ3v) is 7.33. The van der Waals surface area contributed by atoms with E-state index in [1.165, 1.54) is 34.8 Å². The molecule has 0 spiro atoms. The van der Waals surface area contributed by atoms with E-state index in [9.17, 15) is 17.6 Å². The third-order valence-electron chi connectivity index (χ3n) is 4.95. The van der Waals surface area contributed by atoms with Gasteiger partial charge in [0.1, 0.15) is 10.7 Å². The number of sulfonamides is 1. The summed E-state index contributed by atoms with van der Waals surface area (Å²) in [6.07, 6.45) is 6.14. The molecule has 0 aliphatic carbocycles. The zero-order valence-electron chi connectivity index (χ0n) is 16.1. The summed E-state index contributed by atoms with van der Waals surface area (Å²) in [6.45, 7) is 2.58. The van der Waals surface area contributed by atoms with Gasteiger partial charge in [0.25, 0.3) is 5.91 Å². The summed E-state index contributed by atoms with van der Waals surface area (Å²) < 4.78 is 40.9. The molecular formula is C20H23ClFN3O3S. The van der Waals surface area contributed by atoms with Gasteiger partial charge in [-0.3, -0.25) is 9.78 Å². The van der Waals surface area contributed by atoms with Crippen LogP contribution in [0, 0.1) is 5.82 Å². The number of carbonyl (C=O) groups excluding carboxylic acids is 1. The maximum Gasteiger partial charge on any atom is 0.251 e. The number of amides is 1. The van der Waals surface area contributed by atoms with E-state index >= 15 is 0 Å². The van der Waals surface area contributed by atoms with Crippen LogP contribution in [-0.2, 0) is 10.0 Å². The molecule has 2 heterocycles. The van der Waals surface area contributed by atoms with E-state index in [0.717, 1.165) is 31.9 Å². The van der Waals surface area contributed by atoms with E-state index in [0.29, 0.717) is 18.7 Å². The minimum atomic E-state index is -3.80. The molecule has 1 aromatic carbocycles. The predicted molar refractivity (Wildman–Crippen MR) is 109 cm³/mol. The van der Waals surface area contributed by atoms with Crippen molar-refractivity contribution in [3.05, 3.63) is 58.6 Å². The standard InChI is InChI=1S/C20H23ClFN3O3S/c1-14(16-10-17(22)13-23-12-16)24-20(26)15-6-7-18(21)19(11-15)29(27,28)25-8-4-2-3-5-9-25/h6-7,10-14H,2-5,8-9H2,1H3,(H,24,26)/t14-/m0/s1. The molecule has 9 heteroatoms. The quantitative estimate of drug-likeness (QED) is 0.765. The molecular weight excluding hydrogens is 417 g/mol. The highest BCUT2D eigenvalue weighted by Crippen LogP contribution is 2.28. The molecule has 29 heavy (non-hydrogen) atoms. The Kier molecular flexibility index (Phi) is 6.87. The van der Waals surface area contributed by atoms with Crippen molar-refractivity contribution in [3.63, 3.8) is 0 Å². The van der Waals surface area contributed by atoms with Gasteiger partial charge in [0.15, 0.2) is 0 Å². The van der Waals surface area contributed by atoms with E-state index in [1.807, 2.05) is 0 Å². The number of nitrogens with one attached hydrogen (secondary N) is 1. The lowest BCUT2D eigenvalue weighted by atomic mass is 10.1. The highest BCUT2D eigenvalue weighted by atomic mass is 35.5. The second-order valence-electron chi connectivity index (χ2n) is 7.10. The lowest BCUT2D eigenvalue weighted by Gasteiger charge is -2.21. The van der Waals surface area contributed by atoms with Crippen LogP contribution < -0.4 is 5.32 Å². The van der Waals surface area contributed by atoms with Crippen molar-refractivity contribution >= 4 is 27.5 Å². The van der Waals surface area contributed by atoms with Gasteiger partial charge >= 0.3 is 0 Å². The zero-order chi connectivity index (χ0) is 21.0. The molecule has 0 radical (unpaired) electrons. The number of halogens is 2. The Balaban J connectivity index is 1.83. The Morgan fingerprint density at radius 1 is 1.17 bits per heavy atom. The average molecular weight is 440 g/mol. The zero-order valence-corrected chi connectivity index (χ0v) is 17.6. The van der Waals surface area contributed by atoms with Crippen LogP contribution >= 0.6 is 11.6 Å². The average Bonchev–Trinajstić information content (AvgIpc) is 2.98. The molecule has 1 aliphatic heterocycles. The summed E-state index contributed by atoms with van der Waals surface area (Å²) in [5, 5.41) is 2.81. The third kappa shape index (κ3) is 5.12. The number of benzene rings is 1. The second kappa shape index (κ2) is 9.19. The van der Waals surface area contributed by atoms with Gasteiger partial charge in [0, 0.05) is 24.8 Å². The van der Waals surface area contributed by atoms with Crippen LogP contribution in [-0.4, -0.2) is 36.7 Å². The molecule has 1 fully saturated rings. The van der Waals surface area contributed by atoms with Crippen molar-refractivity contribution in [3.8, 4) is 0 Å². The van der Waals surface area contributed by atoms with Crippen LogP contribution in [0.25, 0.3) is 0 Å². The van der Waals surface area contributed by atoms with Crippen molar-refractivity contribution in [1.82, 2.24) is 14.6 Å². The summed E-state index contributed by atoms with van der Waals surface area (Å²) in [4.78, 5) is 16.4. The molecule has 1 aromatic heterocycles. The predicted octanol–water partition coefficient (Wildman–Crippen LogP) is 3.93. The van der Waals surface area contributed by atoms with Crippen molar-refractivity contribution in [2.24, 2.45) is 0 Å². The lowest BCUT2D eigenvalue weighted by Crippen LogP contribution is -2.32. The summed E-state index contributed by atoms with van der Waals surface area (Å²) in [5.74, 6) is -0.980. The fourth-order valence-corrected chi connectivity index (χ4v) is 5.31. The number of rotatable bonds is 5. The van der Waals surface area contributed by atoms with Crippen molar-refractivity contribution in [2.45, 2.75) is 43.5 Å². The molecule has 1 aliphatic rings.